The summed E-state index contributed by atoms with van der Waals surface area (Å²) in [5.74, 6) is -2.62. The fourth-order valence-electron chi connectivity index (χ4n) is 3.58. The third-order valence-electron chi connectivity index (χ3n) is 5.55. The number of hydrogen-bond donors (Lipinski definition) is 5. The van der Waals surface area contributed by atoms with Gasteiger partial charge < -0.3 is 26.4 Å². The van der Waals surface area contributed by atoms with E-state index in [0.717, 1.165) is 5.56 Å². The lowest BCUT2D eigenvalue weighted by Gasteiger charge is -2.29. The lowest BCUT2D eigenvalue weighted by atomic mass is 10.0. The van der Waals surface area contributed by atoms with E-state index in [9.17, 15) is 24.3 Å². The zero-order valence-electron chi connectivity index (χ0n) is 18.4. The Balaban J connectivity index is 2.06. The third-order valence-corrected chi connectivity index (χ3v) is 5.92. The van der Waals surface area contributed by atoms with E-state index in [0.29, 0.717) is 19.4 Å². The van der Waals surface area contributed by atoms with Gasteiger partial charge in [-0.25, -0.2) is 4.79 Å². The van der Waals surface area contributed by atoms with Gasteiger partial charge in [0.25, 0.3) is 0 Å². The standard InChI is InChI=1S/C22H32N4O5S/c1-13(2)18(23)20(28)25-16(12-32)21(29)26-10-6-9-17(26)19(27)24-15(22(30)31)11-14-7-4-3-5-8-14/h3-5,7-8,13,15-18,32H,6,9-12,23H2,1-2H3,(H,24,27)(H,25,28)(H,30,31). The Labute approximate surface area is 193 Å². The van der Waals surface area contributed by atoms with Crippen LogP contribution < -0.4 is 16.4 Å². The van der Waals surface area contributed by atoms with E-state index in [2.05, 4.69) is 23.3 Å². The van der Waals surface area contributed by atoms with Crippen LogP contribution in [0.3, 0.4) is 0 Å². The first-order valence-corrected chi connectivity index (χ1v) is 11.3. The molecule has 1 aromatic carbocycles. The maximum Gasteiger partial charge on any atom is 0.326 e. The monoisotopic (exact) mass is 464 g/mol. The van der Waals surface area contributed by atoms with E-state index in [4.69, 9.17) is 5.73 Å². The van der Waals surface area contributed by atoms with E-state index < -0.39 is 47.9 Å². The van der Waals surface area contributed by atoms with Crippen LogP contribution in [0.5, 0.6) is 0 Å². The highest BCUT2D eigenvalue weighted by Gasteiger charge is 2.38. The maximum atomic E-state index is 13.1. The van der Waals surface area contributed by atoms with Crippen molar-refractivity contribution in [1.29, 1.82) is 0 Å². The van der Waals surface area contributed by atoms with E-state index in [1.54, 1.807) is 38.1 Å². The SMILES string of the molecule is CC(C)C(N)C(=O)NC(CS)C(=O)N1CCCC1C(=O)NC(Cc1ccccc1)C(=O)O. The minimum Gasteiger partial charge on any atom is -0.480 e. The number of likely N-dealkylation sites (tertiary alicyclic amines) is 1. The first-order chi connectivity index (χ1) is 15.1. The van der Waals surface area contributed by atoms with E-state index in [1.165, 1.54) is 4.90 Å². The number of carboxylic acids is 1. The molecule has 9 nitrogen and oxygen atoms in total. The Kier molecular flexibility index (Phi) is 9.52. The van der Waals surface area contributed by atoms with Gasteiger partial charge >= 0.3 is 5.97 Å². The van der Waals surface area contributed by atoms with E-state index in [1.807, 2.05) is 6.07 Å². The second-order valence-corrected chi connectivity index (χ2v) is 8.66. The number of carbonyl (C=O) groups is 4. The summed E-state index contributed by atoms with van der Waals surface area (Å²) in [6.45, 7) is 3.94. The molecular formula is C22H32N4O5S. The molecule has 0 radical (unpaired) electrons. The van der Waals surface area contributed by atoms with Crippen LogP contribution in [0, 0.1) is 5.92 Å². The normalized spacial score (nSPS) is 18.7. The molecule has 2 rings (SSSR count). The molecule has 0 saturated carbocycles. The summed E-state index contributed by atoms with van der Waals surface area (Å²) in [6, 6.07) is 5.37. The zero-order valence-corrected chi connectivity index (χ0v) is 19.3. The minimum absolute atomic E-state index is 0.0476. The van der Waals surface area contributed by atoms with Crippen LogP contribution in [0.4, 0.5) is 0 Å². The molecule has 1 aliphatic heterocycles. The largest absolute Gasteiger partial charge is 0.480 e. The molecule has 0 bridgehead atoms. The molecule has 3 amide bonds. The van der Waals surface area contributed by atoms with Gasteiger partial charge in [0.2, 0.25) is 17.7 Å². The molecule has 4 unspecified atom stereocenters. The summed E-state index contributed by atoms with van der Waals surface area (Å²) in [4.78, 5) is 51.3. The fraction of sp³-hybridized carbons (Fsp3) is 0.545. The molecule has 10 heteroatoms. The Hall–Kier alpha value is -2.59. The molecule has 5 N–H and O–H groups in total. The molecule has 1 aromatic rings. The molecule has 0 aliphatic carbocycles. The molecule has 0 spiro atoms. The van der Waals surface area contributed by atoms with Crippen molar-refractivity contribution in [3.05, 3.63) is 35.9 Å². The predicted octanol–water partition coefficient (Wildman–Crippen LogP) is 0.187. The van der Waals surface area contributed by atoms with Crippen molar-refractivity contribution in [3.8, 4) is 0 Å². The van der Waals surface area contributed by atoms with Gasteiger partial charge in [-0.2, -0.15) is 12.6 Å². The van der Waals surface area contributed by atoms with Crippen LogP contribution in [0.2, 0.25) is 0 Å². The number of hydrogen-bond acceptors (Lipinski definition) is 6. The Morgan fingerprint density at radius 2 is 1.81 bits per heavy atom. The summed E-state index contributed by atoms with van der Waals surface area (Å²) < 4.78 is 0. The molecule has 4 atom stereocenters. The van der Waals surface area contributed by atoms with Crippen LogP contribution in [0.1, 0.15) is 32.3 Å². The quantitative estimate of drug-likeness (QED) is 0.313. The molecule has 32 heavy (non-hydrogen) atoms. The van der Waals surface area contributed by atoms with Gasteiger partial charge in [-0.1, -0.05) is 44.2 Å². The van der Waals surface area contributed by atoms with Gasteiger partial charge in [0.05, 0.1) is 6.04 Å². The van der Waals surface area contributed by atoms with Crippen molar-refractivity contribution in [1.82, 2.24) is 15.5 Å². The molecule has 1 aliphatic rings. The fourth-order valence-corrected chi connectivity index (χ4v) is 3.82. The van der Waals surface area contributed by atoms with Crippen LogP contribution in [-0.2, 0) is 25.6 Å². The van der Waals surface area contributed by atoms with Crippen LogP contribution in [-0.4, -0.2) is 70.2 Å². The van der Waals surface area contributed by atoms with Gasteiger partial charge in [0, 0.05) is 18.7 Å². The molecule has 1 fully saturated rings. The maximum absolute atomic E-state index is 13.1. The lowest BCUT2D eigenvalue weighted by molar-refractivity contribution is -0.144. The van der Waals surface area contributed by atoms with Crippen molar-refractivity contribution < 1.29 is 24.3 Å². The van der Waals surface area contributed by atoms with Crippen LogP contribution >= 0.6 is 12.6 Å². The number of benzene rings is 1. The van der Waals surface area contributed by atoms with Crippen molar-refractivity contribution in [3.63, 3.8) is 0 Å². The Bertz CT molecular complexity index is 820. The number of aliphatic carboxylic acids is 1. The highest BCUT2D eigenvalue weighted by Crippen LogP contribution is 2.19. The number of rotatable bonds is 10. The highest BCUT2D eigenvalue weighted by molar-refractivity contribution is 7.80. The van der Waals surface area contributed by atoms with Crippen LogP contribution in [0.25, 0.3) is 0 Å². The van der Waals surface area contributed by atoms with Crippen molar-refractivity contribution in [2.45, 2.75) is 57.3 Å². The van der Waals surface area contributed by atoms with Crippen molar-refractivity contribution >= 4 is 36.3 Å². The van der Waals surface area contributed by atoms with Gasteiger partial charge in [0.1, 0.15) is 18.1 Å². The number of carbonyl (C=O) groups excluding carboxylic acids is 3. The minimum atomic E-state index is -1.15. The Morgan fingerprint density at radius 3 is 2.38 bits per heavy atom. The molecule has 1 saturated heterocycles. The van der Waals surface area contributed by atoms with E-state index >= 15 is 0 Å². The predicted molar refractivity (Wildman–Crippen MR) is 123 cm³/mol. The number of nitrogens with one attached hydrogen (secondary N) is 2. The zero-order chi connectivity index (χ0) is 23.8. The number of carboxylic acid groups (broad SMARTS) is 1. The summed E-state index contributed by atoms with van der Waals surface area (Å²) in [7, 11) is 0. The van der Waals surface area contributed by atoms with Crippen LogP contribution in [0.15, 0.2) is 30.3 Å². The topological polar surface area (TPSA) is 142 Å². The van der Waals surface area contributed by atoms with Gasteiger partial charge in [-0.05, 0) is 24.3 Å². The number of amides is 3. The average molecular weight is 465 g/mol. The third kappa shape index (κ3) is 6.70. The number of thiol groups is 1. The molecule has 176 valence electrons. The summed E-state index contributed by atoms with van der Waals surface area (Å²) >= 11 is 4.18. The number of nitrogens with two attached hydrogens (primary N) is 1. The average Bonchev–Trinajstić information content (AvgIpc) is 3.26. The summed E-state index contributed by atoms with van der Waals surface area (Å²) in [5, 5.41) is 14.7. The van der Waals surface area contributed by atoms with Gasteiger partial charge in [0.15, 0.2) is 0 Å². The Morgan fingerprint density at radius 1 is 1.16 bits per heavy atom. The highest BCUT2D eigenvalue weighted by atomic mass is 32.1. The van der Waals surface area contributed by atoms with Crippen molar-refractivity contribution in [2.75, 3.05) is 12.3 Å². The molecular weight excluding hydrogens is 432 g/mol. The molecule has 0 aromatic heterocycles. The summed E-state index contributed by atoms with van der Waals surface area (Å²) in [6.07, 6.45) is 1.14. The first-order valence-electron chi connectivity index (χ1n) is 10.7. The summed E-state index contributed by atoms with van der Waals surface area (Å²) in [5.41, 5.74) is 6.63. The van der Waals surface area contributed by atoms with Gasteiger partial charge in [-0.3, -0.25) is 14.4 Å². The van der Waals surface area contributed by atoms with E-state index in [-0.39, 0.29) is 18.1 Å². The molecule has 1 heterocycles. The van der Waals surface area contributed by atoms with Crippen molar-refractivity contribution in [2.24, 2.45) is 11.7 Å². The number of nitrogens with zero attached hydrogens (tertiary/aromatic N) is 1. The second-order valence-electron chi connectivity index (χ2n) is 8.29. The smallest absolute Gasteiger partial charge is 0.326 e. The first kappa shape index (κ1) is 25.7. The lowest BCUT2D eigenvalue weighted by Crippen LogP contribution is -2.58. The second kappa shape index (κ2) is 11.9. The van der Waals surface area contributed by atoms with Gasteiger partial charge in [-0.15, -0.1) is 0 Å².